The number of aryl methyl sites for hydroxylation is 1. The summed E-state index contributed by atoms with van der Waals surface area (Å²) in [6.45, 7) is 3.96. The van der Waals surface area contributed by atoms with Crippen LogP contribution in [-0.2, 0) is 0 Å². The lowest BCUT2D eigenvalue weighted by Gasteiger charge is -2.29. The third kappa shape index (κ3) is 3.94. The first-order chi connectivity index (χ1) is 12.1. The minimum Gasteiger partial charge on any atom is -0.372 e. The molecule has 1 aliphatic rings. The first kappa shape index (κ1) is 17.3. The van der Waals surface area contributed by atoms with Crippen LogP contribution >= 0.6 is 11.6 Å². The highest BCUT2D eigenvalue weighted by atomic mass is 35.5. The summed E-state index contributed by atoms with van der Waals surface area (Å²) in [5.41, 5.74) is 3.41. The molecule has 1 amide bonds. The van der Waals surface area contributed by atoms with Gasteiger partial charge in [0.25, 0.3) is 5.91 Å². The molecule has 1 saturated heterocycles. The van der Waals surface area contributed by atoms with Crippen molar-refractivity contribution in [2.75, 3.05) is 23.3 Å². The van der Waals surface area contributed by atoms with Crippen molar-refractivity contribution in [3.63, 3.8) is 0 Å². The minimum absolute atomic E-state index is 0.227. The molecule has 5 heteroatoms. The van der Waals surface area contributed by atoms with E-state index in [1.54, 1.807) is 18.2 Å². The standard InChI is InChI=1S/C20H20ClN3O/c1-14-5-8-17(24-9-3-2-4-10-24)12-18(14)20(25)23-19-11-16(21)7-6-15(19)13-22/h5-8,11-12H,2-4,9-10H2,1H3,(H,23,25). The number of piperidine rings is 1. The molecule has 128 valence electrons. The van der Waals surface area contributed by atoms with Gasteiger partial charge in [0.05, 0.1) is 11.3 Å². The number of nitriles is 1. The van der Waals surface area contributed by atoms with E-state index in [9.17, 15) is 10.1 Å². The molecule has 0 bridgehead atoms. The highest BCUT2D eigenvalue weighted by Crippen LogP contribution is 2.25. The number of hydrogen-bond donors (Lipinski definition) is 1. The SMILES string of the molecule is Cc1ccc(N2CCCCC2)cc1C(=O)Nc1cc(Cl)ccc1C#N. The van der Waals surface area contributed by atoms with Crippen molar-refractivity contribution in [2.45, 2.75) is 26.2 Å². The molecule has 0 radical (unpaired) electrons. The average Bonchev–Trinajstić information content (AvgIpc) is 2.63. The molecule has 1 N–H and O–H groups in total. The Bertz CT molecular complexity index is 835. The predicted molar refractivity (Wildman–Crippen MR) is 101 cm³/mol. The van der Waals surface area contributed by atoms with Gasteiger partial charge >= 0.3 is 0 Å². The Balaban J connectivity index is 1.87. The Hall–Kier alpha value is -2.51. The number of benzene rings is 2. The number of rotatable bonds is 3. The van der Waals surface area contributed by atoms with Gasteiger partial charge in [0.2, 0.25) is 0 Å². The molecule has 0 aliphatic carbocycles. The highest BCUT2D eigenvalue weighted by molar-refractivity contribution is 6.31. The molecule has 3 rings (SSSR count). The van der Waals surface area contributed by atoms with E-state index in [4.69, 9.17) is 11.6 Å². The molecule has 1 aliphatic heterocycles. The van der Waals surface area contributed by atoms with Crippen LogP contribution in [0.25, 0.3) is 0 Å². The lowest BCUT2D eigenvalue weighted by molar-refractivity contribution is 0.102. The van der Waals surface area contributed by atoms with Gasteiger partial charge in [0.1, 0.15) is 6.07 Å². The monoisotopic (exact) mass is 353 g/mol. The van der Waals surface area contributed by atoms with E-state index in [-0.39, 0.29) is 5.91 Å². The van der Waals surface area contributed by atoms with E-state index in [2.05, 4.69) is 22.4 Å². The topological polar surface area (TPSA) is 56.1 Å². The maximum absolute atomic E-state index is 12.8. The molecule has 0 unspecified atom stereocenters. The molecule has 4 nitrogen and oxygen atoms in total. The molecular weight excluding hydrogens is 334 g/mol. The normalized spacial score (nSPS) is 14.0. The summed E-state index contributed by atoms with van der Waals surface area (Å²) < 4.78 is 0. The number of amides is 1. The quantitative estimate of drug-likeness (QED) is 0.865. The van der Waals surface area contributed by atoms with Crippen molar-refractivity contribution in [1.82, 2.24) is 0 Å². The van der Waals surface area contributed by atoms with Gasteiger partial charge in [0, 0.05) is 29.4 Å². The fourth-order valence-electron chi connectivity index (χ4n) is 3.11. The van der Waals surface area contributed by atoms with Crippen molar-refractivity contribution in [3.05, 3.63) is 58.1 Å². The summed E-state index contributed by atoms with van der Waals surface area (Å²) in [7, 11) is 0. The molecule has 0 atom stereocenters. The van der Waals surface area contributed by atoms with Crippen LogP contribution in [0, 0.1) is 18.3 Å². The smallest absolute Gasteiger partial charge is 0.256 e. The Morgan fingerprint density at radius 1 is 1.16 bits per heavy atom. The van der Waals surface area contributed by atoms with E-state index in [0.29, 0.717) is 21.8 Å². The van der Waals surface area contributed by atoms with Crippen LogP contribution in [-0.4, -0.2) is 19.0 Å². The van der Waals surface area contributed by atoms with Crippen LogP contribution in [0.1, 0.15) is 40.7 Å². The van der Waals surface area contributed by atoms with Gasteiger partial charge in [-0.05, 0) is 62.1 Å². The molecule has 2 aromatic carbocycles. The van der Waals surface area contributed by atoms with Gasteiger partial charge in [-0.1, -0.05) is 17.7 Å². The lowest BCUT2D eigenvalue weighted by atomic mass is 10.0. The number of halogens is 1. The zero-order chi connectivity index (χ0) is 17.8. The van der Waals surface area contributed by atoms with Gasteiger partial charge in [-0.3, -0.25) is 4.79 Å². The Kier molecular flexibility index (Phi) is 5.25. The van der Waals surface area contributed by atoms with Gasteiger partial charge in [0.15, 0.2) is 0 Å². The summed E-state index contributed by atoms with van der Waals surface area (Å²) in [5, 5.41) is 12.5. The van der Waals surface area contributed by atoms with Crippen molar-refractivity contribution < 1.29 is 4.79 Å². The minimum atomic E-state index is -0.227. The molecule has 2 aromatic rings. The first-order valence-corrected chi connectivity index (χ1v) is 8.83. The number of carbonyl (C=O) groups excluding carboxylic acids is 1. The average molecular weight is 354 g/mol. The molecule has 0 saturated carbocycles. The Morgan fingerprint density at radius 3 is 2.64 bits per heavy atom. The van der Waals surface area contributed by atoms with Crippen LogP contribution in [0.3, 0.4) is 0 Å². The van der Waals surface area contributed by atoms with Crippen molar-refractivity contribution in [3.8, 4) is 6.07 Å². The number of anilines is 2. The summed E-state index contributed by atoms with van der Waals surface area (Å²) in [6, 6.07) is 12.9. The first-order valence-electron chi connectivity index (χ1n) is 8.45. The predicted octanol–water partition coefficient (Wildman–Crippen LogP) is 4.76. The number of carbonyl (C=O) groups is 1. The second-order valence-electron chi connectivity index (χ2n) is 6.30. The van der Waals surface area contributed by atoms with E-state index in [1.807, 2.05) is 19.1 Å². The van der Waals surface area contributed by atoms with Crippen LogP contribution in [0.15, 0.2) is 36.4 Å². The van der Waals surface area contributed by atoms with Crippen molar-refractivity contribution >= 4 is 28.9 Å². The summed E-state index contributed by atoms with van der Waals surface area (Å²) >= 11 is 5.99. The maximum Gasteiger partial charge on any atom is 0.256 e. The Morgan fingerprint density at radius 2 is 1.92 bits per heavy atom. The van der Waals surface area contributed by atoms with E-state index in [0.717, 1.165) is 24.3 Å². The van der Waals surface area contributed by atoms with Crippen LogP contribution < -0.4 is 10.2 Å². The molecule has 25 heavy (non-hydrogen) atoms. The molecule has 0 aromatic heterocycles. The van der Waals surface area contributed by atoms with E-state index < -0.39 is 0 Å². The summed E-state index contributed by atoms with van der Waals surface area (Å²) in [6.07, 6.45) is 3.63. The van der Waals surface area contributed by atoms with E-state index in [1.165, 1.54) is 19.3 Å². The van der Waals surface area contributed by atoms with Gasteiger partial charge in [-0.15, -0.1) is 0 Å². The molecular formula is C20H20ClN3O. The largest absolute Gasteiger partial charge is 0.372 e. The molecule has 1 fully saturated rings. The maximum atomic E-state index is 12.8. The summed E-state index contributed by atoms with van der Waals surface area (Å²) in [4.78, 5) is 15.1. The van der Waals surface area contributed by atoms with Gasteiger partial charge in [-0.2, -0.15) is 5.26 Å². The van der Waals surface area contributed by atoms with Gasteiger partial charge in [-0.25, -0.2) is 0 Å². The van der Waals surface area contributed by atoms with Gasteiger partial charge < -0.3 is 10.2 Å². The number of hydrogen-bond acceptors (Lipinski definition) is 3. The van der Waals surface area contributed by atoms with Crippen molar-refractivity contribution in [2.24, 2.45) is 0 Å². The molecule has 1 heterocycles. The van der Waals surface area contributed by atoms with Crippen LogP contribution in [0.5, 0.6) is 0 Å². The van der Waals surface area contributed by atoms with Crippen LogP contribution in [0.4, 0.5) is 11.4 Å². The zero-order valence-corrected chi connectivity index (χ0v) is 14.9. The second-order valence-corrected chi connectivity index (χ2v) is 6.74. The lowest BCUT2D eigenvalue weighted by Crippen LogP contribution is -2.29. The van der Waals surface area contributed by atoms with Crippen LogP contribution in [0.2, 0.25) is 5.02 Å². The fraction of sp³-hybridized carbons (Fsp3) is 0.300. The molecule has 0 spiro atoms. The van der Waals surface area contributed by atoms with E-state index >= 15 is 0 Å². The van der Waals surface area contributed by atoms with Crippen molar-refractivity contribution in [1.29, 1.82) is 5.26 Å². The Labute approximate surface area is 153 Å². The number of nitrogens with one attached hydrogen (secondary N) is 1. The fourth-order valence-corrected chi connectivity index (χ4v) is 3.28. The second kappa shape index (κ2) is 7.58. The highest BCUT2D eigenvalue weighted by Gasteiger charge is 2.16. The number of nitrogens with zero attached hydrogens (tertiary/aromatic N) is 2. The zero-order valence-electron chi connectivity index (χ0n) is 14.2. The third-order valence-corrected chi connectivity index (χ3v) is 4.77. The summed E-state index contributed by atoms with van der Waals surface area (Å²) in [5.74, 6) is -0.227. The third-order valence-electron chi connectivity index (χ3n) is 4.54.